The molecule has 0 aliphatic carbocycles. The first-order chi connectivity index (χ1) is 23.5. The summed E-state index contributed by atoms with van der Waals surface area (Å²) in [7, 11) is 2.20. The number of nitrogens with one attached hydrogen (secondary N) is 2. The first-order valence-corrected chi connectivity index (χ1v) is 16.2. The van der Waals surface area contributed by atoms with Crippen LogP contribution in [0.5, 0.6) is 0 Å². The van der Waals surface area contributed by atoms with E-state index in [1.807, 2.05) is 0 Å². The van der Waals surface area contributed by atoms with Crippen molar-refractivity contribution in [3.63, 3.8) is 0 Å². The van der Waals surface area contributed by atoms with Gasteiger partial charge in [-0.05, 0) is 48.0 Å². The van der Waals surface area contributed by atoms with Crippen LogP contribution in [0.25, 0.3) is 0 Å². The molecule has 0 fully saturated rings. The number of ether oxygens (including phenoxy) is 4. The molecule has 51 heavy (non-hydrogen) atoms. The van der Waals surface area contributed by atoms with Crippen molar-refractivity contribution < 1.29 is 66.9 Å². The average Bonchev–Trinajstić information content (AvgIpc) is 3.01. The predicted octanol–water partition coefficient (Wildman–Crippen LogP) is 1.05. The summed E-state index contributed by atoms with van der Waals surface area (Å²) < 4.78 is 19.3. The number of nitrogens with zero attached hydrogens (tertiary/aromatic N) is 2. The van der Waals surface area contributed by atoms with Gasteiger partial charge in [0.1, 0.15) is 24.3 Å². The van der Waals surface area contributed by atoms with Crippen molar-refractivity contribution in [3.8, 4) is 0 Å². The van der Waals surface area contributed by atoms with Crippen molar-refractivity contribution in [2.75, 3.05) is 53.5 Å². The molecule has 0 aliphatic heterocycles. The van der Waals surface area contributed by atoms with Crippen LogP contribution < -0.4 is 10.6 Å². The van der Waals surface area contributed by atoms with Crippen LogP contribution in [-0.2, 0) is 57.3 Å². The van der Waals surface area contributed by atoms with Gasteiger partial charge in [0.15, 0.2) is 23.1 Å². The van der Waals surface area contributed by atoms with Gasteiger partial charge >= 0.3 is 24.1 Å². The molecule has 0 aromatic rings. The summed E-state index contributed by atoms with van der Waals surface area (Å²) in [6.45, 7) is 7.00. The zero-order chi connectivity index (χ0) is 39.4. The highest BCUT2D eigenvalue weighted by Crippen LogP contribution is 2.09. The molecular formula is C33H52N4O14. The molecule has 18 heteroatoms. The quantitative estimate of drug-likeness (QED) is 0.117. The molecule has 0 heterocycles. The maximum Gasteiger partial charge on any atom is 0.408 e. The van der Waals surface area contributed by atoms with Crippen molar-refractivity contribution in [3.05, 3.63) is 0 Å². The standard InChI is InChI=1S/C33H52N4O14/c1-32(2,3)50-30(46)34-16-22(38)12-14-26(42)36(20-28(44)48-7)18-24(40)10-9-11-25(41)19-37(21-29(45)49-8)27(43)15-13-23(39)17-35-31(47)51-33(4,5)6/h9-21H2,1-8H3,(H,34,46)(H,35,47). The van der Waals surface area contributed by atoms with Crippen molar-refractivity contribution in [1.29, 1.82) is 0 Å². The Morgan fingerprint density at radius 2 is 0.804 bits per heavy atom. The average molecular weight is 729 g/mol. The van der Waals surface area contributed by atoms with Crippen molar-refractivity contribution in [2.24, 2.45) is 0 Å². The van der Waals surface area contributed by atoms with Crippen molar-refractivity contribution >= 4 is 59.1 Å². The molecule has 0 aliphatic rings. The molecule has 4 amide bonds. The Labute approximate surface area is 297 Å². The van der Waals surface area contributed by atoms with Crippen molar-refractivity contribution in [1.82, 2.24) is 20.4 Å². The molecule has 0 atom stereocenters. The lowest BCUT2D eigenvalue weighted by atomic mass is 10.1. The van der Waals surface area contributed by atoms with Gasteiger partial charge in [-0.25, -0.2) is 9.59 Å². The van der Waals surface area contributed by atoms with Crippen LogP contribution in [0.3, 0.4) is 0 Å². The van der Waals surface area contributed by atoms with Crippen LogP contribution in [-0.4, -0.2) is 134 Å². The molecule has 0 rings (SSSR count). The largest absolute Gasteiger partial charge is 0.468 e. The fourth-order valence-electron chi connectivity index (χ4n) is 3.93. The highest BCUT2D eigenvalue weighted by molar-refractivity contribution is 5.93. The van der Waals surface area contributed by atoms with E-state index in [4.69, 9.17) is 9.47 Å². The Kier molecular flexibility index (Phi) is 20.6. The van der Waals surface area contributed by atoms with Gasteiger partial charge in [0.05, 0.1) is 40.4 Å². The Bertz CT molecular complexity index is 1190. The minimum atomic E-state index is -0.806. The second-order valence-electron chi connectivity index (χ2n) is 13.4. The van der Waals surface area contributed by atoms with E-state index in [9.17, 15) is 47.9 Å². The van der Waals surface area contributed by atoms with E-state index < -0.39 is 96.5 Å². The summed E-state index contributed by atoms with van der Waals surface area (Å²) >= 11 is 0. The number of hydrogen-bond donors (Lipinski definition) is 2. The van der Waals surface area contributed by atoms with Crippen LogP contribution in [0.2, 0.25) is 0 Å². The third-order valence-corrected chi connectivity index (χ3v) is 6.34. The molecular weight excluding hydrogens is 676 g/mol. The Balaban J connectivity index is 5.00. The summed E-state index contributed by atoms with van der Waals surface area (Å²) in [6.07, 6.45) is -3.24. The predicted molar refractivity (Wildman–Crippen MR) is 178 cm³/mol. The van der Waals surface area contributed by atoms with Gasteiger partial charge < -0.3 is 39.4 Å². The van der Waals surface area contributed by atoms with Crippen molar-refractivity contribution in [2.45, 2.75) is 97.7 Å². The number of rotatable bonds is 22. The van der Waals surface area contributed by atoms with Crippen LogP contribution in [0.15, 0.2) is 0 Å². The lowest BCUT2D eigenvalue weighted by Crippen LogP contribution is -2.41. The van der Waals surface area contributed by atoms with Gasteiger partial charge in [-0.3, -0.25) is 38.4 Å². The minimum absolute atomic E-state index is 0.0157. The fraction of sp³-hybridized carbons (Fsp3) is 0.697. The van der Waals surface area contributed by atoms with E-state index >= 15 is 0 Å². The molecule has 0 aromatic carbocycles. The first kappa shape index (κ1) is 46.1. The lowest BCUT2D eigenvalue weighted by molar-refractivity contribution is -0.148. The van der Waals surface area contributed by atoms with Gasteiger partial charge in [-0.15, -0.1) is 0 Å². The van der Waals surface area contributed by atoms with Gasteiger partial charge in [0.2, 0.25) is 11.8 Å². The van der Waals surface area contributed by atoms with E-state index in [0.717, 1.165) is 24.0 Å². The molecule has 288 valence electrons. The smallest absolute Gasteiger partial charge is 0.408 e. The molecule has 0 aromatic heterocycles. The first-order valence-electron chi connectivity index (χ1n) is 16.2. The molecule has 0 bridgehead atoms. The number of methoxy groups -OCH3 is 2. The van der Waals surface area contributed by atoms with E-state index in [2.05, 4.69) is 20.1 Å². The van der Waals surface area contributed by atoms with E-state index in [-0.39, 0.29) is 58.0 Å². The third kappa shape index (κ3) is 24.0. The second-order valence-corrected chi connectivity index (χ2v) is 13.4. The highest BCUT2D eigenvalue weighted by atomic mass is 16.6. The zero-order valence-corrected chi connectivity index (χ0v) is 30.8. The Morgan fingerprint density at radius 3 is 1.10 bits per heavy atom. The fourth-order valence-corrected chi connectivity index (χ4v) is 3.93. The Hall–Kier alpha value is -4.90. The molecule has 18 nitrogen and oxygen atoms in total. The minimum Gasteiger partial charge on any atom is -0.468 e. The van der Waals surface area contributed by atoms with E-state index in [1.165, 1.54) is 0 Å². The number of carbonyl (C=O) groups excluding carboxylic acids is 10. The van der Waals surface area contributed by atoms with Crippen LogP contribution >= 0.6 is 0 Å². The summed E-state index contributed by atoms with van der Waals surface area (Å²) in [5.41, 5.74) is -1.54. The molecule has 0 saturated heterocycles. The van der Waals surface area contributed by atoms with E-state index in [0.29, 0.717) is 0 Å². The topological polar surface area (TPSA) is 238 Å². The maximum atomic E-state index is 12.8. The van der Waals surface area contributed by atoms with Crippen LogP contribution in [0.1, 0.15) is 86.5 Å². The molecule has 0 spiro atoms. The summed E-state index contributed by atoms with van der Waals surface area (Å²) in [5.74, 6) is -4.96. The molecule has 0 unspecified atom stereocenters. The molecule has 0 radical (unpaired) electrons. The van der Waals surface area contributed by atoms with E-state index in [1.54, 1.807) is 41.5 Å². The van der Waals surface area contributed by atoms with Crippen LogP contribution in [0.4, 0.5) is 9.59 Å². The summed E-state index contributed by atoms with van der Waals surface area (Å²) in [6, 6.07) is 0. The van der Waals surface area contributed by atoms with Gasteiger partial charge in [0.25, 0.3) is 0 Å². The highest BCUT2D eigenvalue weighted by Gasteiger charge is 2.24. The lowest BCUT2D eigenvalue weighted by Gasteiger charge is -2.21. The number of Topliss-reactive ketones (excluding diaryl/α,β-unsaturated/α-hetero) is 4. The normalized spacial score (nSPS) is 11.0. The maximum absolute atomic E-state index is 12.8. The number of carbonyl (C=O) groups is 10. The Morgan fingerprint density at radius 1 is 0.471 bits per heavy atom. The molecule has 0 saturated carbocycles. The molecule has 2 N–H and O–H groups in total. The van der Waals surface area contributed by atoms with Gasteiger partial charge in [-0.2, -0.15) is 0 Å². The SMILES string of the molecule is COC(=O)CN(CC(=O)CCCC(=O)CN(CC(=O)OC)C(=O)CCC(=O)CNC(=O)OC(C)(C)C)C(=O)CCC(=O)CNC(=O)OC(C)(C)C. The van der Waals surface area contributed by atoms with Crippen LogP contribution in [0, 0.1) is 0 Å². The second kappa shape index (κ2) is 22.7. The number of amides is 4. The number of hydrogen-bond acceptors (Lipinski definition) is 14. The van der Waals surface area contributed by atoms with Gasteiger partial charge in [-0.1, -0.05) is 0 Å². The third-order valence-electron chi connectivity index (χ3n) is 6.34. The summed E-state index contributed by atoms with van der Waals surface area (Å²) in [5, 5.41) is 4.57. The number of esters is 2. The number of ketones is 4. The van der Waals surface area contributed by atoms with Gasteiger partial charge in [0, 0.05) is 38.5 Å². The number of alkyl carbamates (subject to hydrolysis) is 2. The monoisotopic (exact) mass is 728 g/mol. The zero-order valence-electron chi connectivity index (χ0n) is 30.8. The summed E-state index contributed by atoms with van der Waals surface area (Å²) in [4.78, 5) is 124.